The predicted molar refractivity (Wildman–Crippen MR) is 78.5 cm³/mol. The van der Waals surface area contributed by atoms with Crippen LogP contribution in [0.25, 0.3) is 0 Å². The molecule has 0 heterocycles. The Bertz CT molecular complexity index is 601. The van der Waals surface area contributed by atoms with Gasteiger partial charge < -0.3 is 15.2 Å². The number of benzene rings is 1. The summed E-state index contributed by atoms with van der Waals surface area (Å²) in [7, 11) is -1.20. The molecule has 0 saturated heterocycles. The summed E-state index contributed by atoms with van der Waals surface area (Å²) in [5.41, 5.74) is 6.01. The molecule has 0 aromatic heterocycles. The second-order valence-electron chi connectivity index (χ2n) is 4.32. The first-order chi connectivity index (χ1) is 9.86. The smallest absolute Gasteiger partial charge is 0.321 e. The van der Waals surface area contributed by atoms with Crippen molar-refractivity contribution in [3.63, 3.8) is 0 Å². The molecule has 0 amide bonds. The number of sulfonamides is 1. The van der Waals surface area contributed by atoms with Gasteiger partial charge in [0.25, 0.3) is 0 Å². The largest absolute Gasteiger partial charge is 0.495 e. The van der Waals surface area contributed by atoms with E-state index in [0.717, 1.165) is 4.31 Å². The lowest BCUT2D eigenvalue weighted by Gasteiger charge is -2.20. The molecule has 0 fully saturated rings. The zero-order valence-corrected chi connectivity index (χ0v) is 13.1. The van der Waals surface area contributed by atoms with Crippen molar-refractivity contribution in [2.45, 2.75) is 18.2 Å². The lowest BCUT2D eigenvalue weighted by atomic mass is 10.3. The fraction of sp³-hybridized carbons (Fsp3) is 0.462. The Kier molecular flexibility index (Phi) is 5.98. The SMILES string of the molecule is CCCN(CC(=O)OC)S(=O)(=O)c1ccc(N)c(OC)c1. The Morgan fingerprint density at radius 1 is 1.33 bits per heavy atom. The maximum absolute atomic E-state index is 12.6. The number of esters is 1. The minimum Gasteiger partial charge on any atom is -0.495 e. The van der Waals surface area contributed by atoms with E-state index in [4.69, 9.17) is 10.5 Å². The van der Waals surface area contributed by atoms with E-state index in [2.05, 4.69) is 4.74 Å². The minimum atomic E-state index is -3.82. The number of nitrogen functional groups attached to an aromatic ring is 1. The molecular weight excluding hydrogens is 296 g/mol. The van der Waals surface area contributed by atoms with E-state index in [9.17, 15) is 13.2 Å². The Morgan fingerprint density at radius 3 is 2.52 bits per heavy atom. The standard InChI is InChI=1S/C13H20N2O5S/c1-4-7-15(9-13(16)20-3)21(17,18)10-5-6-11(14)12(8-10)19-2/h5-6,8H,4,7,9,14H2,1-3H3. The molecule has 0 radical (unpaired) electrons. The zero-order chi connectivity index (χ0) is 16.0. The van der Waals surface area contributed by atoms with E-state index in [1.165, 1.54) is 32.4 Å². The van der Waals surface area contributed by atoms with Crippen molar-refractivity contribution in [1.82, 2.24) is 4.31 Å². The fourth-order valence-electron chi connectivity index (χ4n) is 1.74. The normalized spacial score (nSPS) is 11.4. The van der Waals surface area contributed by atoms with Crippen molar-refractivity contribution in [3.8, 4) is 5.75 Å². The molecule has 1 rings (SSSR count). The third kappa shape index (κ3) is 4.08. The molecule has 1 aromatic rings. The van der Waals surface area contributed by atoms with Crippen molar-refractivity contribution < 1.29 is 22.7 Å². The van der Waals surface area contributed by atoms with Crippen molar-refractivity contribution in [2.75, 3.05) is 33.0 Å². The Labute approximate surface area is 124 Å². The second kappa shape index (κ2) is 7.28. The van der Waals surface area contributed by atoms with Gasteiger partial charge in [-0.25, -0.2) is 8.42 Å². The molecule has 118 valence electrons. The van der Waals surface area contributed by atoms with Crippen LogP contribution in [-0.4, -0.2) is 46.0 Å². The second-order valence-corrected chi connectivity index (χ2v) is 6.26. The van der Waals surface area contributed by atoms with Crippen LogP contribution < -0.4 is 10.5 Å². The number of methoxy groups -OCH3 is 2. The number of nitrogens with zero attached hydrogens (tertiary/aromatic N) is 1. The molecule has 0 aliphatic rings. The number of rotatable bonds is 7. The van der Waals surface area contributed by atoms with Crippen LogP contribution in [0.1, 0.15) is 13.3 Å². The molecule has 0 spiro atoms. The van der Waals surface area contributed by atoms with Crippen LogP contribution in [0.4, 0.5) is 5.69 Å². The van der Waals surface area contributed by atoms with E-state index in [1.54, 1.807) is 0 Å². The molecule has 0 atom stereocenters. The molecular formula is C13H20N2O5S. The number of nitrogens with two attached hydrogens (primary N) is 1. The van der Waals surface area contributed by atoms with Gasteiger partial charge >= 0.3 is 5.97 Å². The van der Waals surface area contributed by atoms with Crippen molar-refractivity contribution in [2.24, 2.45) is 0 Å². The highest BCUT2D eigenvalue weighted by Gasteiger charge is 2.27. The minimum absolute atomic E-state index is 0.0194. The van der Waals surface area contributed by atoms with Gasteiger partial charge in [-0.2, -0.15) is 4.31 Å². The molecule has 7 nitrogen and oxygen atoms in total. The molecule has 0 saturated carbocycles. The molecule has 0 aliphatic carbocycles. The Balaban J connectivity index is 3.18. The molecule has 0 unspecified atom stereocenters. The van der Waals surface area contributed by atoms with Gasteiger partial charge in [0, 0.05) is 12.6 Å². The van der Waals surface area contributed by atoms with Crippen LogP contribution >= 0.6 is 0 Å². The summed E-state index contributed by atoms with van der Waals surface area (Å²) in [5.74, 6) is -0.347. The van der Waals surface area contributed by atoms with Gasteiger partial charge in [-0.05, 0) is 18.6 Å². The quantitative estimate of drug-likeness (QED) is 0.591. The van der Waals surface area contributed by atoms with Crippen molar-refractivity contribution >= 4 is 21.7 Å². The van der Waals surface area contributed by atoms with E-state index in [-0.39, 0.29) is 23.7 Å². The topological polar surface area (TPSA) is 98.9 Å². The lowest BCUT2D eigenvalue weighted by Crippen LogP contribution is -2.36. The van der Waals surface area contributed by atoms with E-state index in [0.29, 0.717) is 12.1 Å². The average Bonchev–Trinajstić information content (AvgIpc) is 2.46. The molecule has 0 bridgehead atoms. The number of carbonyl (C=O) groups is 1. The number of ether oxygens (including phenoxy) is 2. The highest BCUT2D eigenvalue weighted by molar-refractivity contribution is 7.89. The molecule has 2 N–H and O–H groups in total. The molecule has 21 heavy (non-hydrogen) atoms. The Morgan fingerprint density at radius 2 is 2.00 bits per heavy atom. The monoisotopic (exact) mass is 316 g/mol. The third-order valence-corrected chi connectivity index (χ3v) is 4.69. The van der Waals surface area contributed by atoms with Crippen LogP contribution in [0.2, 0.25) is 0 Å². The van der Waals surface area contributed by atoms with Gasteiger partial charge in [-0.1, -0.05) is 6.92 Å². The lowest BCUT2D eigenvalue weighted by molar-refractivity contribution is -0.140. The fourth-order valence-corrected chi connectivity index (χ4v) is 3.24. The van der Waals surface area contributed by atoms with E-state index >= 15 is 0 Å². The first kappa shape index (κ1) is 17.3. The van der Waals surface area contributed by atoms with Crippen LogP contribution in [0, 0.1) is 0 Å². The van der Waals surface area contributed by atoms with E-state index < -0.39 is 16.0 Å². The van der Waals surface area contributed by atoms with Gasteiger partial charge in [0.15, 0.2) is 0 Å². The maximum atomic E-state index is 12.6. The first-order valence-corrected chi connectivity index (χ1v) is 7.81. The third-order valence-electron chi connectivity index (χ3n) is 2.85. The highest BCUT2D eigenvalue weighted by Crippen LogP contribution is 2.26. The van der Waals surface area contributed by atoms with Crippen molar-refractivity contribution in [3.05, 3.63) is 18.2 Å². The molecule has 8 heteroatoms. The summed E-state index contributed by atoms with van der Waals surface area (Å²) in [6.07, 6.45) is 0.572. The van der Waals surface area contributed by atoms with Gasteiger partial charge in [0.05, 0.1) is 24.8 Å². The predicted octanol–water partition coefficient (Wildman–Crippen LogP) is 0.851. The first-order valence-electron chi connectivity index (χ1n) is 6.37. The van der Waals surface area contributed by atoms with Gasteiger partial charge in [-0.15, -0.1) is 0 Å². The van der Waals surface area contributed by atoms with Crippen LogP contribution in [0.3, 0.4) is 0 Å². The van der Waals surface area contributed by atoms with Crippen LogP contribution in [0.5, 0.6) is 5.75 Å². The summed E-state index contributed by atoms with van der Waals surface area (Å²) in [6.45, 7) is 1.70. The number of hydrogen-bond acceptors (Lipinski definition) is 6. The van der Waals surface area contributed by atoms with Crippen molar-refractivity contribution in [1.29, 1.82) is 0 Å². The average molecular weight is 316 g/mol. The number of hydrogen-bond donors (Lipinski definition) is 1. The van der Waals surface area contributed by atoms with Crippen LogP contribution in [-0.2, 0) is 19.6 Å². The number of carbonyl (C=O) groups excluding carboxylic acids is 1. The summed E-state index contributed by atoms with van der Waals surface area (Å²) < 4.78 is 35.8. The zero-order valence-electron chi connectivity index (χ0n) is 12.3. The maximum Gasteiger partial charge on any atom is 0.321 e. The van der Waals surface area contributed by atoms with Gasteiger partial charge in [0.2, 0.25) is 10.0 Å². The van der Waals surface area contributed by atoms with Gasteiger partial charge in [-0.3, -0.25) is 4.79 Å². The summed E-state index contributed by atoms with van der Waals surface area (Å²) in [5, 5.41) is 0. The van der Waals surface area contributed by atoms with Crippen LogP contribution in [0.15, 0.2) is 23.1 Å². The molecule has 1 aromatic carbocycles. The summed E-state index contributed by atoms with van der Waals surface area (Å²) in [6, 6.07) is 4.17. The van der Waals surface area contributed by atoms with Gasteiger partial charge in [0.1, 0.15) is 12.3 Å². The summed E-state index contributed by atoms with van der Waals surface area (Å²) >= 11 is 0. The number of anilines is 1. The Hall–Kier alpha value is -1.80. The summed E-state index contributed by atoms with van der Waals surface area (Å²) in [4.78, 5) is 11.4. The van der Waals surface area contributed by atoms with E-state index in [1.807, 2.05) is 6.92 Å². The molecule has 0 aliphatic heterocycles. The highest BCUT2D eigenvalue weighted by atomic mass is 32.2.